The van der Waals surface area contributed by atoms with E-state index in [1.807, 2.05) is 4.90 Å². The molecule has 0 aromatic carbocycles. The molecule has 4 heterocycles. The van der Waals surface area contributed by atoms with E-state index in [0.717, 1.165) is 32.0 Å². The Balaban J connectivity index is 1.27. The van der Waals surface area contributed by atoms with Gasteiger partial charge in [-0.25, -0.2) is 9.97 Å². The molecule has 3 fully saturated rings. The molecule has 2 aromatic heterocycles. The molecule has 0 N–H and O–H groups in total. The Hall–Kier alpha value is -2.44. The van der Waals surface area contributed by atoms with E-state index in [4.69, 9.17) is 4.52 Å². The topological polar surface area (TPSA) is 75.4 Å². The average molecular weight is 325 g/mol. The summed E-state index contributed by atoms with van der Waals surface area (Å²) in [4.78, 5) is 25.5. The molecule has 1 aliphatic carbocycles. The molecule has 0 radical (unpaired) electrons. The van der Waals surface area contributed by atoms with E-state index < -0.39 is 0 Å². The Morgan fingerprint density at radius 3 is 2.58 bits per heavy atom. The fraction of sp³-hybridized carbons (Fsp3) is 0.529. The summed E-state index contributed by atoms with van der Waals surface area (Å²) in [5, 5.41) is 3.62. The number of nitrogens with zero attached hydrogens (tertiary/aromatic N) is 5. The Kier molecular flexibility index (Phi) is 3.08. The van der Waals surface area contributed by atoms with Crippen LogP contribution < -0.4 is 4.90 Å². The molecule has 3 aliphatic rings. The number of likely N-dealkylation sites (tertiary alicyclic amines) is 1. The van der Waals surface area contributed by atoms with Crippen LogP contribution in [0.25, 0.3) is 0 Å². The van der Waals surface area contributed by atoms with Gasteiger partial charge in [-0.2, -0.15) is 0 Å². The lowest BCUT2D eigenvalue weighted by atomic mass is 10.0. The van der Waals surface area contributed by atoms with Crippen molar-refractivity contribution in [1.29, 1.82) is 0 Å². The van der Waals surface area contributed by atoms with Crippen molar-refractivity contribution in [1.82, 2.24) is 20.0 Å². The molecular formula is C17H19N5O2. The molecule has 124 valence electrons. The fourth-order valence-corrected chi connectivity index (χ4v) is 3.96. The van der Waals surface area contributed by atoms with E-state index in [0.29, 0.717) is 23.5 Å². The highest BCUT2D eigenvalue weighted by Crippen LogP contribution is 2.40. The number of anilines is 1. The van der Waals surface area contributed by atoms with Crippen LogP contribution in [0.1, 0.15) is 35.0 Å². The second-order valence-corrected chi connectivity index (χ2v) is 7.09. The maximum Gasteiger partial charge on any atom is 0.292 e. The van der Waals surface area contributed by atoms with Gasteiger partial charge in [-0.05, 0) is 12.8 Å². The number of carbonyl (C=O) groups excluding carboxylic acids is 1. The third kappa shape index (κ3) is 2.35. The van der Waals surface area contributed by atoms with Crippen LogP contribution in [0.4, 0.5) is 5.82 Å². The van der Waals surface area contributed by atoms with Crippen molar-refractivity contribution in [2.75, 3.05) is 31.1 Å². The van der Waals surface area contributed by atoms with E-state index in [9.17, 15) is 4.79 Å². The molecule has 1 amide bonds. The second-order valence-electron chi connectivity index (χ2n) is 7.09. The summed E-state index contributed by atoms with van der Waals surface area (Å²) in [6.45, 7) is 3.46. The standard InChI is InChI=1S/C17H19N5O2/c23-17(15-3-4-20-24-15)22-8-12-6-21(7-13(12)9-22)16-5-14(11-1-2-11)18-10-19-16/h3-5,10-13H,1-2,6-9H2. The van der Waals surface area contributed by atoms with Crippen molar-refractivity contribution in [3.05, 3.63) is 36.1 Å². The van der Waals surface area contributed by atoms with Gasteiger partial charge in [-0.15, -0.1) is 0 Å². The lowest BCUT2D eigenvalue weighted by molar-refractivity contribution is 0.0741. The van der Waals surface area contributed by atoms with Gasteiger partial charge in [0.2, 0.25) is 5.76 Å². The van der Waals surface area contributed by atoms with Crippen LogP contribution in [0.2, 0.25) is 0 Å². The second kappa shape index (κ2) is 5.29. The minimum Gasteiger partial charge on any atom is -0.356 e. The monoisotopic (exact) mass is 325 g/mol. The first-order valence-corrected chi connectivity index (χ1v) is 8.55. The number of aromatic nitrogens is 3. The molecule has 1 saturated carbocycles. The summed E-state index contributed by atoms with van der Waals surface area (Å²) in [6, 6.07) is 3.78. The summed E-state index contributed by atoms with van der Waals surface area (Å²) < 4.78 is 4.99. The van der Waals surface area contributed by atoms with Gasteiger partial charge in [0, 0.05) is 61.8 Å². The zero-order chi connectivity index (χ0) is 16.1. The van der Waals surface area contributed by atoms with Gasteiger partial charge in [0.05, 0.1) is 6.20 Å². The molecule has 2 unspecified atom stereocenters. The maximum atomic E-state index is 12.4. The molecule has 5 rings (SSSR count). The van der Waals surface area contributed by atoms with Crippen LogP contribution >= 0.6 is 0 Å². The van der Waals surface area contributed by atoms with Gasteiger partial charge in [0.25, 0.3) is 5.91 Å². The predicted octanol–water partition coefficient (Wildman–Crippen LogP) is 1.55. The highest BCUT2D eigenvalue weighted by molar-refractivity contribution is 5.91. The highest BCUT2D eigenvalue weighted by Gasteiger charge is 2.42. The molecule has 7 nitrogen and oxygen atoms in total. The molecule has 7 heteroatoms. The Bertz CT molecular complexity index is 744. The van der Waals surface area contributed by atoms with Crippen LogP contribution in [0, 0.1) is 11.8 Å². The van der Waals surface area contributed by atoms with Crippen molar-refractivity contribution >= 4 is 11.7 Å². The van der Waals surface area contributed by atoms with E-state index >= 15 is 0 Å². The third-order valence-corrected chi connectivity index (χ3v) is 5.42. The van der Waals surface area contributed by atoms with Crippen molar-refractivity contribution in [3.63, 3.8) is 0 Å². The maximum absolute atomic E-state index is 12.4. The summed E-state index contributed by atoms with van der Waals surface area (Å²) in [6.07, 6.45) is 5.70. The summed E-state index contributed by atoms with van der Waals surface area (Å²) >= 11 is 0. The number of fused-ring (bicyclic) bond motifs is 1. The third-order valence-electron chi connectivity index (χ3n) is 5.42. The number of carbonyl (C=O) groups is 1. The first kappa shape index (κ1) is 13.9. The van der Waals surface area contributed by atoms with Gasteiger partial charge in [-0.1, -0.05) is 5.16 Å². The van der Waals surface area contributed by atoms with E-state index in [-0.39, 0.29) is 5.91 Å². The first-order valence-electron chi connectivity index (χ1n) is 8.55. The molecule has 0 bridgehead atoms. The van der Waals surface area contributed by atoms with Crippen LogP contribution in [0.5, 0.6) is 0 Å². The normalized spacial score (nSPS) is 26.0. The molecule has 24 heavy (non-hydrogen) atoms. The van der Waals surface area contributed by atoms with Gasteiger partial charge >= 0.3 is 0 Å². The zero-order valence-corrected chi connectivity index (χ0v) is 13.3. The van der Waals surface area contributed by atoms with E-state index in [1.54, 1.807) is 12.4 Å². The molecule has 2 aliphatic heterocycles. The Morgan fingerprint density at radius 2 is 1.92 bits per heavy atom. The van der Waals surface area contributed by atoms with E-state index in [2.05, 4.69) is 26.1 Å². The molecule has 2 aromatic rings. The van der Waals surface area contributed by atoms with Crippen molar-refractivity contribution < 1.29 is 9.32 Å². The zero-order valence-electron chi connectivity index (χ0n) is 13.3. The van der Waals surface area contributed by atoms with Gasteiger partial charge < -0.3 is 14.3 Å². The molecule has 2 saturated heterocycles. The quantitative estimate of drug-likeness (QED) is 0.852. The molecule has 2 atom stereocenters. The smallest absolute Gasteiger partial charge is 0.292 e. The largest absolute Gasteiger partial charge is 0.356 e. The van der Waals surface area contributed by atoms with Gasteiger partial charge in [0.1, 0.15) is 12.1 Å². The van der Waals surface area contributed by atoms with Crippen molar-refractivity contribution in [2.45, 2.75) is 18.8 Å². The molecule has 0 spiro atoms. The lowest BCUT2D eigenvalue weighted by Gasteiger charge is -2.22. The minimum atomic E-state index is -0.0495. The lowest BCUT2D eigenvalue weighted by Crippen LogP contribution is -2.33. The summed E-state index contributed by atoms with van der Waals surface area (Å²) in [5.74, 6) is 2.95. The SMILES string of the molecule is O=C(c1ccno1)N1CC2CN(c3cc(C4CC4)ncn3)CC2C1. The fourth-order valence-electron chi connectivity index (χ4n) is 3.96. The number of hydrogen-bond donors (Lipinski definition) is 0. The van der Waals surface area contributed by atoms with Crippen molar-refractivity contribution in [3.8, 4) is 0 Å². The Morgan fingerprint density at radius 1 is 1.12 bits per heavy atom. The first-order chi connectivity index (χ1) is 11.8. The average Bonchev–Trinajstić information content (AvgIpc) is 2.99. The van der Waals surface area contributed by atoms with Crippen molar-refractivity contribution in [2.24, 2.45) is 11.8 Å². The van der Waals surface area contributed by atoms with E-state index in [1.165, 1.54) is 24.7 Å². The van der Waals surface area contributed by atoms with Crippen LogP contribution in [-0.2, 0) is 0 Å². The number of rotatable bonds is 3. The molecular weight excluding hydrogens is 306 g/mol. The summed E-state index contributed by atoms with van der Waals surface area (Å²) in [5.41, 5.74) is 1.18. The Labute approximate surface area is 139 Å². The van der Waals surface area contributed by atoms with Gasteiger partial charge in [-0.3, -0.25) is 4.79 Å². The van der Waals surface area contributed by atoms with Gasteiger partial charge in [0.15, 0.2) is 0 Å². The number of hydrogen-bond acceptors (Lipinski definition) is 6. The summed E-state index contributed by atoms with van der Waals surface area (Å²) in [7, 11) is 0. The highest BCUT2D eigenvalue weighted by atomic mass is 16.5. The minimum absolute atomic E-state index is 0.0495. The van der Waals surface area contributed by atoms with Crippen LogP contribution in [0.3, 0.4) is 0 Å². The number of amides is 1. The predicted molar refractivity (Wildman–Crippen MR) is 85.6 cm³/mol. The van der Waals surface area contributed by atoms with Crippen LogP contribution in [0.15, 0.2) is 29.2 Å². The van der Waals surface area contributed by atoms with Crippen LogP contribution in [-0.4, -0.2) is 52.1 Å².